The highest BCUT2D eigenvalue weighted by molar-refractivity contribution is 9.10. The van der Waals surface area contributed by atoms with Crippen LogP contribution in [0.4, 0.5) is 17.5 Å². The smallest absolute Gasteiger partial charge is 0.239 e. The molecule has 1 aromatic heterocycles. The first-order valence-corrected chi connectivity index (χ1v) is 6.36. The standard InChI is InChI=1S/C10H8BrCl2N5/c11-6-2-1-5(12)3-8(6)16-9-7(13)4-15-10(17-9)18-14/h1-4H,14H2,(H2,15,16,17,18). The number of hydrogen-bond donors (Lipinski definition) is 3. The molecule has 94 valence electrons. The summed E-state index contributed by atoms with van der Waals surface area (Å²) in [6.07, 6.45) is 1.45. The molecular formula is C10H8BrCl2N5. The van der Waals surface area contributed by atoms with E-state index in [0.717, 1.165) is 10.2 Å². The summed E-state index contributed by atoms with van der Waals surface area (Å²) < 4.78 is 0.837. The van der Waals surface area contributed by atoms with Crippen LogP contribution in [-0.2, 0) is 0 Å². The molecule has 1 heterocycles. The van der Waals surface area contributed by atoms with Crippen molar-refractivity contribution < 1.29 is 0 Å². The number of nitrogens with zero attached hydrogens (tertiary/aromatic N) is 2. The lowest BCUT2D eigenvalue weighted by Crippen LogP contribution is -2.11. The molecule has 5 nitrogen and oxygen atoms in total. The molecule has 0 aliphatic carbocycles. The van der Waals surface area contributed by atoms with E-state index in [-0.39, 0.29) is 5.95 Å². The summed E-state index contributed by atoms with van der Waals surface area (Å²) in [5.74, 6) is 5.94. The molecule has 0 bridgehead atoms. The van der Waals surface area contributed by atoms with Crippen LogP contribution >= 0.6 is 39.1 Å². The Kier molecular flexibility index (Phi) is 4.23. The van der Waals surface area contributed by atoms with Gasteiger partial charge in [0.25, 0.3) is 0 Å². The van der Waals surface area contributed by atoms with E-state index in [1.807, 2.05) is 6.07 Å². The summed E-state index contributed by atoms with van der Waals surface area (Å²) in [5, 5.41) is 4.02. The molecular weight excluding hydrogens is 341 g/mol. The molecule has 0 fully saturated rings. The highest BCUT2D eigenvalue weighted by atomic mass is 79.9. The van der Waals surface area contributed by atoms with Gasteiger partial charge in [0.2, 0.25) is 5.95 Å². The first kappa shape index (κ1) is 13.4. The fraction of sp³-hybridized carbons (Fsp3) is 0. The van der Waals surface area contributed by atoms with Gasteiger partial charge in [-0.1, -0.05) is 23.2 Å². The molecule has 1 aromatic carbocycles. The molecule has 0 aliphatic heterocycles. The number of nitrogen functional groups attached to an aromatic ring is 1. The third-order valence-electron chi connectivity index (χ3n) is 2.05. The van der Waals surface area contributed by atoms with Crippen LogP contribution in [0.5, 0.6) is 0 Å². The number of nitrogens with one attached hydrogen (secondary N) is 2. The van der Waals surface area contributed by atoms with Crippen LogP contribution in [0, 0.1) is 0 Å². The molecule has 8 heteroatoms. The van der Waals surface area contributed by atoms with Gasteiger partial charge in [0.15, 0.2) is 5.82 Å². The third kappa shape index (κ3) is 3.02. The first-order chi connectivity index (χ1) is 8.60. The Morgan fingerprint density at radius 1 is 1.28 bits per heavy atom. The number of halogens is 3. The van der Waals surface area contributed by atoms with Crippen molar-refractivity contribution in [2.45, 2.75) is 0 Å². The molecule has 0 radical (unpaired) electrons. The molecule has 18 heavy (non-hydrogen) atoms. The molecule has 0 aliphatic rings. The average Bonchev–Trinajstić information content (AvgIpc) is 2.36. The maximum Gasteiger partial charge on any atom is 0.239 e. The fourth-order valence-corrected chi connectivity index (χ4v) is 1.90. The largest absolute Gasteiger partial charge is 0.338 e. The highest BCUT2D eigenvalue weighted by Crippen LogP contribution is 2.30. The van der Waals surface area contributed by atoms with Crippen LogP contribution in [0.1, 0.15) is 0 Å². The summed E-state index contributed by atoms with van der Waals surface area (Å²) in [6, 6.07) is 5.34. The van der Waals surface area contributed by atoms with E-state index in [0.29, 0.717) is 15.9 Å². The van der Waals surface area contributed by atoms with E-state index in [4.69, 9.17) is 29.0 Å². The first-order valence-electron chi connectivity index (χ1n) is 4.81. The van der Waals surface area contributed by atoms with Gasteiger partial charge in [0.1, 0.15) is 5.02 Å². The van der Waals surface area contributed by atoms with Gasteiger partial charge in [-0.15, -0.1) is 0 Å². The maximum atomic E-state index is 5.99. The summed E-state index contributed by atoms with van der Waals surface area (Å²) >= 11 is 15.3. The predicted molar refractivity (Wildman–Crippen MR) is 77.3 cm³/mol. The number of benzene rings is 1. The zero-order chi connectivity index (χ0) is 13.1. The number of aromatic nitrogens is 2. The quantitative estimate of drug-likeness (QED) is 0.584. The van der Waals surface area contributed by atoms with Crippen molar-refractivity contribution in [2.24, 2.45) is 5.84 Å². The lowest BCUT2D eigenvalue weighted by molar-refractivity contribution is 1.12. The Morgan fingerprint density at radius 3 is 2.78 bits per heavy atom. The van der Waals surface area contributed by atoms with Crippen LogP contribution in [0.3, 0.4) is 0 Å². The van der Waals surface area contributed by atoms with Gasteiger partial charge in [0, 0.05) is 9.50 Å². The Labute approximate surface area is 122 Å². The van der Waals surface area contributed by atoms with Crippen molar-refractivity contribution >= 4 is 56.6 Å². The Balaban J connectivity index is 2.36. The molecule has 2 aromatic rings. The van der Waals surface area contributed by atoms with E-state index in [1.165, 1.54) is 6.20 Å². The van der Waals surface area contributed by atoms with Gasteiger partial charge in [-0.05, 0) is 34.1 Å². The summed E-state index contributed by atoms with van der Waals surface area (Å²) in [5.41, 5.74) is 3.09. The second kappa shape index (κ2) is 5.71. The van der Waals surface area contributed by atoms with E-state index >= 15 is 0 Å². The zero-order valence-electron chi connectivity index (χ0n) is 8.92. The maximum absolute atomic E-state index is 5.99. The van der Waals surface area contributed by atoms with Gasteiger partial charge < -0.3 is 5.32 Å². The Morgan fingerprint density at radius 2 is 2.06 bits per heavy atom. The minimum absolute atomic E-state index is 0.264. The lowest BCUT2D eigenvalue weighted by Gasteiger charge is -2.10. The van der Waals surface area contributed by atoms with Crippen molar-refractivity contribution in [2.75, 3.05) is 10.7 Å². The number of anilines is 3. The summed E-state index contributed by atoms with van der Waals surface area (Å²) in [4.78, 5) is 7.98. The van der Waals surface area contributed by atoms with Gasteiger partial charge in [-0.25, -0.2) is 10.8 Å². The monoisotopic (exact) mass is 347 g/mol. The van der Waals surface area contributed by atoms with Crippen LogP contribution in [-0.4, -0.2) is 9.97 Å². The van der Waals surface area contributed by atoms with Crippen LogP contribution < -0.4 is 16.6 Å². The fourth-order valence-electron chi connectivity index (χ4n) is 1.25. The number of nitrogens with two attached hydrogens (primary N) is 1. The van der Waals surface area contributed by atoms with Crippen molar-refractivity contribution in [3.63, 3.8) is 0 Å². The predicted octanol–water partition coefficient (Wildman–Crippen LogP) is 3.58. The van der Waals surface area contributed by atoms with Gasteiger partial charge in [0.05, 0.1) is 11.9 Å². The van der Waals surface area contributed by atoms with E-state index in [1.54, 1.807) is 12.1 Å². The molecule has 0 saturated carbocycles. The molecule has 2 rings (SSSR count). The topological polar surface area (TPSA) is 75.9 Å². The average molecular weight is 349 g/mol. The Hall–Kier alpha value is -1.08. The van der Waals surface area contributed by atoms with Crippen LogP contribution in [0.25, 0.3) is 0 Å². The second-order valence-electron chi connectivity index (χ2n) is 3.28. The van der Waals surface area contributed by atoms with Gasteiger partial charge in [-0.2, -0.15) is 4.98 Å². The summed E-state index contributed by atoms with van der Waals surface area (Å²) in [7, 11) is 0. The number of hydrogen-bond acceptors (Lipinski definition) is 5. The number of hydrazine groups is 1. The van der Waals surface area contributed by atoms with Crippen molar-refractivity contribution in [3.05, 3.63) is 38.9 Å². The molecule has 0 saturated heterocycles. The molecule has 0 spiro atoms. The minimum atomic E-state index is 0.264. The SMILES string of the molecule is NNc1ncc(Cl)c(Nc2cc(Cl)ccc2Br)n1. The molecule has 0 atom stereocenters. The van der Waals surface area contributed by atoms with Gasteiger partial charge >= 0.3 is 0 Å². The molecule has 4 N–H and O–H groups in total. The van der Waals surface area contributed by atoms with E-state index < -0.39 is 0 Å². The zero-order valence-corrected chi connectivity index (χ0v) is 12.0. The van der Waals surface area contributed by atoms with Crippen molar-refractivity contribution in [1.82, 2.24) is 9.97 Å². The van der Waals surface area contributed by atoms with Crippen LogP contribution in [0.2, 0.25) is 10.0 Å². The van der Waals surface area contributed by atoms with Crippen molar-refractivity contribution in [3.8, 4) is 0 Å². The molecule has 0 unspecified atom stereocenters. The lowest BCUT2D eigenvalue weighted by atomic mass is 10.3. The van der Waals surface area contributed by atoms with E-state index in [9.17, 15) is 0 Å². The number of rotatable bonds is 3. The second-order valence-corrected chi connectivity index (χ2v) is 4.98. The Bertz CT molecular complexity index is 578. The van der Waals surface area contributed by atoms with Crippen molar-refractivity contribution in [1.29, 1.82) is 0 Å². The minimum Gasteiger partial charge on any atom is -0.338 e. The summed E-state index contributed by atoms with van der Waals surface area (Å²) in [6.45, 7) is 0. The van der Waals surface area contributed by atoms with Crippen LogP contribution in [0.15, 0.2) is 28.9 Å². The highest BCUT2D eigenvalue weighted by Gasteiger charge is 2.07. The third-order valence-corrected chi connectivity index (χ3v) is 3.26. The van der Waals surface area contributed by atoms with E-state index in [2.05, 4.69) is 36.6 Å². The molecule has 0 amide bonds. The van der Waals surface area contributed by atoms with Gasteiger partial charge in [-0.3, -0.25) is 5.43 Å². The normalized spacial score (nSPS) is 10.2.